The summed E-state index contributed by atoms with van der Waals surface area (Å²) in [5, 5.41) is 5.58. The van der Waals surface area contributed by atoms with Crippen LogP contribution in [0, 0.1) is 3.57 Å². The van der Waals surface area contributed by atoms with Crippen LogP contribution in [0.15, 0.2) is 48.8 Å². The first kappa shape index (κ1) is 16.4. The third-order valence-electron chi connectivity index (χ3n) is 3.50. The van der Waals surface area contributed by atoms with Crippen molar-refractivity contribution in [2.24, 2.45) is 0 Å². The minimum absolute atomic E-state index is 0.145. The molecule has 6 nitrogen and oxygen atoms in total. The highest BCUT2D eigenvalue weighted by Gasteiger charge is 2.09. The topological polar surface area (TPSA) is 86.9 Å². The van der Waals surface area contributed by atoms with E-state index in [1.54, 1.807) is 30.6 Å². The van der Waals surface area contributed by atoms with Gasteiger partial charge in [-0.25, -0.2) is 4.98 Å². The number of halogens is 1. The van der Waals surface area contributed by atoms with Gasteiger partial charge in [-0.05, 0) is 52.9 Å². The highest BCUT2D eigenvalue weighted by Crippen LogP contribution is 2.12. The highest BCUT2D eigenvalue weighted by molar-refractivity contribution is 14.1. The Morgan fingerprint density at radius 3 is 2.58 bits per heavy atom. The fraction of sp³-hybridized carbons (Fsp3) is 0.118. The molecule has 0 atom stereocenters. The molecule has 0 aliphatic rings. The van der Waals surface area contributed by atoms with Crippen molar-refractivity contribution in [3.63, 3.8) is 0 Å². The Balaban J connectivity index is 1.50. The van der Waals surface area contributed by atoms with Gasteiger partial charge in [-0.2, -0.15) is 0 Å². The molecule has 3 aromatic rings. The van der Waals surface area contributed by atoms with Crippen LogP contribution in [0.2, 0.25) is 0 Å². The number of nitrogens with zero attached hydrogens (tertiary/aromatic N) is 1. The Kier molecular flexibility index (Phi) is 5.09. The number of nitrogens with one attached hydrogen (secondary N) is 3. The van der Waals surface area contributed by atoms with Crippen LogP contribution in [0.25, 0.3) is 11.0 Å². The number of fused-ring (bicyclic) bond motifs is 1. The molecule has 3 rings (SSSR count). The molecule has 1 heterocycles. The molecule has 0 saturated heterocycles. The molecule has 2 amide bonds. The summed E-state index contributed by atoms with van der Waals surface area (Å²) in [5.41, 5.74) is 2.82. The van der Waals surface area contributed by atoms with E-state index in [9.17, 15) is 9.59 Å². The number of hydrogen-bond acceptors (Lipinski definition) is 3. The maximum absolute atomic E-state index is 12.1. The zero-order chi connectivity index (χ0) is 16.9. The number of imidazole rings is 1. The monoisotopic (exact) mass is 434 g/mol. The molecule has 2 aromatic carbocycles. The lowest BCUT2D eigenvalue weighted by Crippen LogP contribution is -2.34. The molecule has 0 bridgehead atoms. The largest absolute Gasteiger partial charge is 0.350 e. The SMILES string of the molecule is O=C(NCCNC(=O)c1ccccc1I)c1ccc2nc[nH]c2c1. The zero-order valence-electron chi connectivity index (χ0n) is 12.7. The lowest BCUT2D eigenvalue weighted by atomic mass is 10.2. The van der Waals surface area contributed by atoms with Gasteiger partial charge in [-0.1, -0.05) is 12.1 Å². The molecule has 3 N–H and O–H groups in total. The molecule has 0 fully saturated rings. The summed E-state index contributed by atoms with van der Waals surface area (Å²) in [6.07, 6.45) is 1.59. The van der Waals surface area contributed by atoms with Gasteiger partial charge in [-0.15, -0.1) is 0 Å². The van der Waals surface area contributed by atoms with Gasteiger partial charge in [0.2, 0.25) is 0 Å². The van der Waals surface area contributed by atoms with Crippen LogP contribution in [0.5, 0.6) is 0 Å². The van der Waals surface area contributed by atoms with Crippen molar-refractivity contribution < 1.29 is 9.59 Å². The molecular weight excluding hydrogens is 419 g/mol. The molecule has 7 heteroatoms. The quantitative estimate of drug-likeness (QED) is 0.426. The summed E-state index contributed by atoms with van der Waals surface area (Å²) >= 11 is 2.12. The van der Waals surface area contributed by atoms with E-state index in [0.717, 1.165) is 14.6 Å². The van der Waals surface area contributed by atoms with Gasteiger partial charge in [0.1, 0.15) is 0 Å². The lowest BCUT2D eigenvalue weighted by Gasteiger charge is -2.08. The van der Waals surface area contributed by atoms with E-state index in [1.807, 2.05) is 18.2 Å². The molecule has 0 aliphatic heterocycles. The van der Waals surface area contributed by atoms with Crippen LogP contribution >= 0.6 is 22.6 Å². The van der Waals surface area contributed by atoms with E-state index in [0.29, 0.717) is 24.2 Å². The van der Waals surface area contributed by atoms with E-state index in [4.69, 9.17) is 0 Å². The van der Waals surface area contributed by atoms with Crippen LogP contribution in [0.1, 0.15) is 20.7 Å². The van der Waals surface area contributed by atoms with E-state index in [-0.39, 0.29) is 11.8 Å². The van der Waals surface area contributed by atoms with Crippen LogP contribution in [-0.2, 0) is 0 Å². The van der Waals surface area contributed by atoms with E-state index >= 15 is 0 Å². The molecule has 1 aromatic heterocycles. The smallest absolute Gasteiger partial charge is 0.252 e. The number of carbonyl (C=O) groups excluding carboxylic acids is 2. The number of benzene rings is 2. The number of rotatable bonds is 5. The average molecular weight is 434 g/mol. The minimum atomic E-state index is -0.185. The average Bonchev–Trinajstić information content (AvgIpc) is 3.06. The fourth-order valence-corrected chi connectivity index (χ4v) is 2.90. The second kappa shape index (κ2) is 7.43. The van der Waals surface area contributed by atoms with Crippen molar-refractivity contribution in [3.8, 4) is 0 Å². The van der Waals surface area contributed by atoms with Gasteiger partial charge in [0, 0.05) is 22.2 Å². The van der Waals surface area contributed by atoms with E-state index < -0.39 is 0 Å². The first-order chi connectivity index (χ1) is 11.6. The zero-order valence-corrected chi connectivity index (χ0v) is 14.8. The van der Waals surface area contributed by atoms with Gasteiger partial charge in [0.15, 0.2) is 0 Å². The molecule has 0 aliphatic carbocycles. The minimum Gasteiger partial charge on any atom is -0.350 e. The molecule has 0 saturated carbocycles. The summed E-state index contributed by atoms with van der Waals surface area (Å²) in [5.74, 6) is -0.330. The maximum Gasteiger partial charge on any atom is 0.252 e. The van der Waals surface area contributed by atoms with Gasteiger partial charge in [0.25, 0.3) is 11.8 Å². The van der Waals surface area contributed by atoms with Gasteiger partial charge >= 0.3 is 0 Å². The summed E-state index contributed by atoms with van der Waals surface area (Å²) in [6, 6.07) is 12.6. The summed E-state index contributed by atoms with van der Waals surface area (Å²) < 4.78 is 0.893. The standard InChI is InChI=1S/C17H15IN4O2/c18-13-4-2-1-3-12(13)17(24)20-8-7-19-16(23)11-5-6-14-15(9-11)22-10-21-14/h1-6,9-10H,7-8H2,(H,19,23)(H,20,24)(H,21,22). The summed E-state index contributed by atoms with van der Waals surface area (Å²) in [4.78, 5) is 31.3. The number of aromatic amines is 1. The van der Waals surface area contributed by atoms with Crippen LogP contribution in [0.3, 0.4) is 0 Å². The molecule has 24 heavy (non-hydrogen) atoms. The Hall–Kier alpha value is -2.42. The lowest BCUT2D eigenvalue weighted by molar-refractivity contribution is 0.0927. The van der Waals surface area contributed by atoms with Crippen LogP contribution < -0.4 is 10.6 Å². The van der Waals surface area contributed by atoms with Crippen LogP contribution in [0.4, 0.5) is 0 Å². The van der Waals surface area contributed by atoms with Crippen LogP contribution in [-0.4, -0.2) is 34.9 Å². The Morgan fingerprint density at radius 2 is 1.79 bits per heavy atom. The first-order valence-corrected chi connectivity index (χ1v) is 8.47. The molecule has 0 spiro atoms. The second-order valence-electron chi connectivity index (χ2n) is 5.13. The third-order valence-corrected chi connectivity index (χ3v) is 4.44. The normalized spacial score (nSPS) is 10.5. The highest BCUT2D eigenvalue weighted by atomic mass is 127. The van der Waals surface area contributed by atoms with Gasteiger partial charge < -0.3 is 15.6 Å². The second-order valence-corrected chi connectivity index (χ2v) is 6.29. The van der Waals surface area contributed by atoms with Crippen molar-refractivity contribution in [1.29, 1.82) is 0 Å². The molecule has 0 unspecified atom stereocenters. The van der Waals surface area contributed by atoms with Crippen molar-refractivity contribution in [1.82, 2.24) is 20.6 Å². The number of amides is 2. The van der Waals surface area contributed by atoms with Crippen molar-refractivity contribution in [2.45, 2.75) is 0 Å². The Morgan fingerprint density at radius 1 is 1.04 bits per heavy atom. The predicted molar refractivity (Wildman–Crippen MR) is 99.9 cm³/mol. The number of carbonyl (C=O) groups is 2. The van der Waals surface area contributed by atoms with E-state index in [1.165, 1.54) is 0 Å². The summed E-state index contributed by atoms with van der Waals surface area (Å²) in [6.45, 7) is 0.719. The predicted octanol–water partition coefficient (Wildman–Crippen LogP) is 2.33. The number of H-pyrrole nitrogens is 1. The Bertz CT molecular complexity index is 891. The maximum atomic E-state index is 12.1. The van der Waals surface area contributed by atoms with Gasteiger partial charge in [0.05, 0.1) is 22.9 Å². The Labute approximate surface area is 152 Å². The van der Waals surface area contributed by atoms with E-state index in [2.05, 4.69) is 43.2 Å². The van der Waals surface area contributed by atoms with Crippen molar-refractivity contribution in [2.75, 3.05) is 13.1 Å². The summed E-state index contributed by atoms with van der Waals surface area (Å²) in [7, 11) is 0. The third kappa shape index (κ3) is 3.73. The molecule has 122 valence electrons. The number of aromatic nitrogens is 2. The van der Waals surface area contributed by atoms with Gasteiger partial charge in [-0.3, -0.25) is 9.59 Å². The fourth-order valence-electron chi connectivity index (χ4n) is 2.27. The molecular formula is C17H15IN4O2. The molecule has 0 radical (unpaired) electrons. The van der Waals surface area contributed by atoms with Crippen molar-refractivity contribution >= 4 is 45.4 Å². The number of hydrogen-bond donors (Lipinski definition) is 3. The van der Waals surface area contributed by atoms with Crippen molar-refractivity contribution in [3.05, 3.63) is 63.5 Å². The first-order valence-electron chi connectivity index (χ1n) is 7.39.